The fourth-order valence-electron chi connectivity index (χ4n) is 3.55. The molecule has 0 bridgehead atoms. The van der Waals surface area contributed by atoms with Gasteiger partial charge in [-0.1, -0.05) is 0 Å². The largest absolute Gasteiger partial charge is 0.473 e. The highest BCUT2D eigenvalue weighted by Gasteiger charge is 2.32. The van der Waals surface area contributed by atoms with E-state index in [9.17, 15) is 18.0 Å². The third-order valence-electron chi connectivity index (χ3n) is 4.92. The molecule has 10 heteroatoms. The van der Waals surface area contributed by atoms with Crippen LogP contribution in [-0.2, 0) is 19.6 Å². The molecule has 0 spiro atoms. The molecule has 0 saturated carbocycles. The summed E-state index contributed by atoms with van der Waals surface area (Å²) in [6.07, 6.45) is 2.24. The predicted octanol–water partition coefficient (Wildman–Crippen LogP) is 0.806. The van der Waals surface area contributed by atoms with Gasteiger partial charge in [-0.05, 0) is 33.1 Å². The quantitative estimate of drug-likeness (QED) is 0.638. The minimum absolute atomic E-state index is 0.0909. The Labute approximate surface area is 165 Å². The summed E-state index contributed by atoms with van der Waals surface area (Å²) in [5.74, 6) is 0.203. The zero-order valence-electron chi connectivity index (χ0n) is 16.3. The SMILES string of the molecule is Cc1cc(OC2CCCN(S(=O)(=O)CCN3C(=O)CCCC3=O)C2)nc(C)n1. The maximum Gasteiger partial charge on any atom is 0.229 e. The van der Waals surface area contributed by atoms with Crippen molar-refractivity contribution in [3.63, 3.8) is 0 Å². The predicted molar refractivity (Wildman–Crippen MR) is 101 cm³/mol. The molecule has 0 N–H and O–H groups in total. The van der Waals surface area contributed by atoms with E-state index in [1.807, 2.05) is 6.92 Å². The van der Waals surface area contributed by atoms with E-state index in [4.69, 9.17) is 4.74 Å². The van der Waals surface area contributed by atoms with Crippen molar-refractivity contribution >= 4 is 21.8 Å². The number of nitrogens with zero attached hydrogens (tertiary/aromatic N) is 4. The summed E-state index contributed by atoms with van der Waals surface area (Å²) in [5, 5.41) is 0. The number of carbonyl (C=O) groups is 2. The number of likely N-dealkylation sites (tertiary alicyclic amines) is 1. The number of ether oxygens (including phenoxy) is 1. The van der Waals surface area contributed by atoms with Gasteiger partial charge in [-0.3, -0.25) is 14.5 Å². The zero-order valence-corrected chi connectivity index (χ0v) is 17.1. The Morgan fingerprint density at radius 2 is 1.86 bits per heavy atom. The van der Waals surface area contributed by atoms with Crippen molar-refractivity contribution in [2.75, 3.05) is 25.4 Å². The van der Waals surface area contributed by atoms with Crippen LogP contribution in [0.25, 0.3) is 0 Å². The molecule has 2 aliphatic heterocycles. The minimum atomic E-state index is -3.60. The van der Waals surface area contributed by atoms with Crippen molar-refractivity contribution in [3.05, 3.63) is 17.6 Å². The Morgan fingerprint density at radius 3 is 2.54 bits per heavy atom. The topological polar surface area (TPSA) is 110 Å². The van der Waals surface area contributed by atoms with Gasteiger partial charge in [-0.2, -0.15) is 9.29 Å². The number of piperidine rings is 2. The standard InChI is InChI=1S/C18H26N4O5S/c1-13-11-16(20-14(2)19-13)27-15-5-4-8-21(12-15)28(25,26)10-9-22-17(23)6-3-7-18(22)24/h11,15H,3-10,12H2,1-2H3. The van der Waals surface area contributed by atoms with E-state index < -0.39 is 10.0 Å². The lowest BCUT2D eigenvalue weighted by Gasteiger charge is -2.32. The highest BCUT2D eigenvalue weighted by molar-refractivity contribution is 7.89. The minimum Gasteiger partial charge on any atom is -0.473 e. The van der Waals surface area contributed by atoms with Gasteiger partial charge in [0.15, 0.2) is 0 Å². The van der Waals surface area contributed by atoms with Crippen LogP contribution in [0.5, 0.6) is 5.88 Å². The summed E-state index contributed by atoms with van der Waals surface area (Å²) in [7, 11) is -3.60. The van der Waals surface area contributed by atoms with E-state index in [-0.39, 0.29) is 36.8 Å². The molecule has 154 valence electrons. The van der Waals surface area contributed by atoms with Crippen LogP contribution in [0.15, 0.2) is 6.07 Å². The number of sulfonamides is 1. The van der Waals surface area contributed by atoms with E-state index in [0.29, 0.717) is 43.9 Å². The number of hydrogen-bond acceptors (Lipinski definition) is 7. The molecule has 2 fully saturated rings. The van der Waals surface area contributed by atoms with Crippen LogP contribution in [0, 0.1) is 13.8 Å². The second-order valence-electron chi connectivity index (χ2n) is 7.24. The molecule has 2 saturated heterocycles. The molecule has 2 amide bonds. The van der Waals surface area contributed by atoms with Crippen molar-refractivity contribution < 1.29 is 22.7 Å². The Morgan fingerprint density at radius 1 is 1.14 bits per heavy atom. The monoisotopic (exact) mass is 410 g/mol. The lowest BCUT2D eigenvalue weighted by atomic mass is 10.1. The van der Waals surface area contributed by atoms with Crippen LogP contribution >= 0.6 is 0 Å². The first-order valence-electron chi connectivity index (χ1n) is 9.54. The van der Waals surface area contributed by atoms with Crippen LogP contribution in [0.1, 0.15) is 43.6 Å². The molecule has 0 radical (unpaired) electrons. The van der Waals surface area contributed by atoms with Crippen LogP contribution in [0.3, 0.4) is 0 Å². The highest BCUT2D eigenvalue weighted by Crippen LogP contribution is 2.20. The summed E-state index contributed by atoms with van der Waals surface area (Å²) < 4.78 is 32.8. The van der Waals surface area contributed by atoms with Gasteiger partial charge in [0, 0.05) is 37.7 Å². The van der Waals surface area contributed by atoms with Crippen molar-refractivity contribution in [1.82, 2.24) is 19.2 Å². The molecule has 1 aromatic rings. The van der Waals surface area contributed by atoms with Gasteiger partial charge in [-0.25, -0.2) is 13.4 Å². The second kappa shape index (κ2) is 8.52. The summed E-state index contributed by atoms with van der Waals surface area (Å²) in [6, 6.07) is 1.73. The number of rotatable bonds is 6. The molecule has 2 aliphatic rings. The normalized spacial score (nSPS) is 21.8. The summed E-state index contributed by atoms with van der Waals surface area (Å²) in [5.41, 5.74) is 0.790. The first-order valence-corrected chi connectivity index (χ1v) is 11.2. The smallest absolute Gasteiger partial charge is 0.229 e. The maximum absolute atomic E-state index is 12.7. The fraction of sp³-hybridized carbons (Fsp3) is 0.667. The van der Waals surface area contributed by atoms with Gasteiger partial charge < -0.3 is 4.74 Å². The van der Waals surface area contributed by atoms with Crippen LogP contribution in [-0.4, -0.2) is 70.9 Å². The van der Waals surface area contributed by atoms with E-state index in [0.717, 1.165) is 17.0 Å². The summed E-state index contributed by atoms with van der Waals surface area (Å²) >= 11 is 0. The Kier molecular flexibility index (Phi) is 6.29. The highest BCUT2D eigenvalue weighted by atomic mass is 32.2. The van der Waals surface area contributed by atoms with E-state index in [1.165, 1.54) is 4.31 Å². The van der Waals surface area contributed by atoms with Crippen LogP contribution in [0.2, 0.25) is 0 Å². The Hall–Kier alpha value is -2.07. The van der Waals surface area contributed by atoms with Crippen molar-refractivity contribution in [1.29, 1.82) is 0 Å². The fourth-order valence-corrected chi connectivity index (χ4v) is 5.03. The number of amides is 2. The number of aromatic nitrogens is 2. The maximum atomic E-state index is 12.7. The molecule has 3 heterocycles. The molecule has 0 aliphatic carbocycles. The van der Waals surface area contributed by atoms with E-state index >= 15 is 0 Å². The number of aryl methyl sites for hydroxylation is 2. The lowest BCUT2D eigenvalue weighted by Crippen LogP contribution is -2.48. The lowest BCUT2D eigenvalue weighted by molar-refractivity contribution is -0.147. The van der Waals surface area contributed by atoms with E-state index in [2.05, 4.69) is 9.97 Å². The first-order chi connectivity index (χ1) is 13.2. The summed E-state index contributed by atoms with van der Waals surface area (Å²) in [6.45, 7) is 4.17. The van der Waals surface area contributed by atoms with Crippen LogP contribution in [0.4, 0.5) is 0 Å². The van der Waals surface area contributed by atoms with Gasteiger partial charge in [0.25, 0.3) is 0 Å². The molecular weight excluding hydrogens is 384 g/mol. The van der Waals surface area contributed by atoms with Crippen molar-refractivity contribution in [2.24, 2.45) is 0 Å². The third kappa shape index (κ3) is 5.05. The zero-order chi connectivity index (χ0) is 20.3. The second-order valence-corrected chi connectivity index (χ2v) is 9.33. The van der Waals surface area contributed by atoms with Gasteiger partial charge in [0.1, 0.15) is 11.9 Å². The number of carbonyl (C=O) groups excluding carboxylic acids is 2. The average molecular weight is 410 g/mol. The van der Waals surface area contributed by atoms with E-state index in [1.54, 1.807) is 13.0 Å². The number of hydrogen-bond donors (Lipinski definition) is 0. The summed E-state index contributed by atoms with van der Waals surface area (Å²) in [4.78, 5) is 33.3. The van der Waals surface area contributed by atoms with Gasteiger partial charge >= 0.3 is 0 Å². The molecule has 1 atom stereocenters. The molecule has 9 nitrogen and oxygen atoms in total. The van der Waals surface area contributed by atoms with Gasteiger partial charge in [-0.15, -0.1) is 0 Å². The van der Waals surface area contributed by atoms with Crippen molar-refractivity contribution in [2.45, 2.75) is 52.1 Å². The Bertz CT molecular complexity index is 821. The third-order valence-corrected chi connectivity index (χ3v) is 6.74. The molecule has 1 unspecified atom stereocenters. The molecule has 28 heavy (non-hydrogen) atoms. The Balaban J connectivity index is 1.60. The molecular formula is C18H26N4O5S. The van der Waals surface area contributed by atoms with Gasteiger partial charge in [0.05, 0.1) is 12.3 Å². The average Bonchev–Trinajstić information content (AvgIpc) is 2.60. The van der Waals surface area contributed by atoms with Crippen LogP contribution < -0.4 is 4.74 Å². The molecule has 3 rings (SSSR count). The van der Waals surface area contributed by atoms with Crippen molar-refractivity contribution in [3.8, 4) is 5.88 Å². The van der Waals surface area contributed by atoms with Gasteiger partial charge in [0.2, 0.25) is 27.7 Å². The molecule has 0 aromatic carbocycles. The number of imide groups is 1. The first kappa shape index (κ1) is 20.7. The molecule has 1 aromatic heterocycles.